The molecular formula is C12H27NO. The maximum atomic E-state index is 5.42. The number of nitrogens with one attached hydrogen (secondary N) is 1. The molecule has 0 aromatic rings. The van der Waals surface area contributed by atoms with Gasteiger partial charge in [-0.3, -0.25) is 0 Å². The third-order valence-corrected chi connectivity index (χ3v) is 2.38. The fourth-order valence-corrected chi connectivity index (χ4v) is 1.53. The summed E-state index contributed by atoms with van der Waals surface area (Å²) in [6.45, 7) is 9.56. The number of rotatable bonds is 10. The molecule has 0 aliphatic heterocycles. The van der Waals surface area contributed by atoms with E-state index in [4.69, 9.17) is 4.74 Å². The van der Waals surface area contributed by atoms with Gasteiger partial charge in [0.1, 0.15) is 0 Å². The first-order valence-electron chi connectivity index (χ1n) is 6.16. The maximum Gasteiger partial charge on any atom is 0.0478 e. The Morgan fingerprint density at radius 3 is 2.43 bits per heavy atom. The number of hydrogen-bond acceptors (Lipinski definition) is 2. The maximum absolute atomic E-state index is 5.42. The van der Waals surface area contributed by atoms with E-state index in [0.29, 0.717) is 6.04 Å². The molecule has 0 bridgehead atoms. The molecule has 0 aromatic carbocycles. The van der Waals surface area contributed by atoms with Crippen molar-refractivity contribution < 1.29 is 4.74 Å². The van der Waals surface area contributed by atoms with E-state index in [9.17, 15) is 0 Å². The van der Waals surface area contributed by atoms with Gasteiger partial charge in [0.15, 0.2) is 0 Å². The van der Waals surface area contributed by atoms with E-state index >= 15 is 0 Å². The van der Waals surface area contributed by atoms with Crippen molar-refractivity contribution in [2.45, 2.75) is 58.9 Å². The molecule has 0 rings (SSSR count). The first-order valence-corrected chi connectivity index (χ1v) is 6.16. The Morgan fingerprint density at radius 2 is 1.86 bits per heavy atom. The van der Waals surface area contributed by atoms with Crippen LogP contribution in [0.15, 0.2) is 0 Å². The van der Waals surface area contributed by atoms with Gasteiger partial charge < -0.3 is 10.1 Å². The number of hydrogen-bond donors (Lipinski definition) is 1. The largest absolute Gasteiger partial charge is 0.381 e. The van der Waals surface area contributed by atoms with Crippen molar-refractivity contribution in [3.8, 4) is 0 Å². The second-order valence-electron chi connectivity index (χ2n) is 3.81. The van der Waals surface area contributed by atoms with Gasteiger partial charge in [0.25, 0.3) is 0 Å². The summed E-state index contributed by atoms with van der Waals surface area (Å²) in [4.78, 5) is 0. The van der Waals surface area contributed by atoms with E-state index in [1.165, 1.54) is 19.3 Å². The minimum atomic E-state index is 0.714. The molecule has 0 aliphatic rings. The molecule has 0 spiro atoms. The molecule has 1 N–H and O–H groups in total. The third kappa shape index (κ3) is 8.52. The molecule has 2 nitrogen and oxygen atoms in total. The molecule has 14 heavy (non-hydrogen) atoms. The summed E-state index contributed by atoms with van der Waals surface area (Å²) < 4.78 is 5.42. The summed E-state index contributed by atoms with van der Waals surface area (Å²) in [6, 6.07) is 0.714. The highest BCUT2D eigenvalue weighted by Crippen LogP contribution is 2.00. The Labute approximate surface area is 89.4 Å². The smallest absolute Gasteiger partial charge is 0.0478 e. The molecular weight excluding hydrogens is 174 g/mol. The molecule has 0 saturated heterocycles. The van der Waals surface area contributed by atoms with Crippen LogP contribution in [0.2, 0.25) is 0 Å². The molecule has 0 radical (unpaired) electrons. The quantitative estimate of drug-likeness (QED) is 0.549. The molecule has 0 heterocycles. The minimum Gasteiger partial charge on any atom is -0.381 e. The van der Waals surface area contributed by atoms with E-state index in [1.807, 2.05) is 0 Å². The van der Waals surface area contributed by atoms with Crippen molar-refractivity contribution in [3.05, 3.63) is 0 Å². The highest BCUT2D eigenvalue weighted by atomic mass is 16.5. The van der Waals surface area contributed by atoms with Crippen molar-refractivity contribution in [1.29, 1.82) is 0 Å². The second-order valence-corrected chi connectivity index (χ2v) is 3.81. The summed E-state index contributed by atoms with van der Waals surface area (Å²) in [5, 5.41) is 3.57. The van der Waals surface area contributed by atoms with Crippen molar-refractivity contribution in [3.63, 3.8) is 0 Å². The van der Waals surface area contributed by atoms with Crippen LogP contribution in [0.25, 0.3) is 0 Å². The molecule has 0 aromatic heterocycles. The monoisotopic (exact) mass is 201 g/mol. The van der Waals surface area contributed by atoms with Gasteiger partial charge in [-0.2, -0.15) is 0 Å². The fourth-order valence-electron chi connectivity index (χ4n) is 1.53. The lowest BCUT2D eigenvalue weighted by molar-refractivity contribution is 0.131. The number of ether oxygens (including phenoxy) is 1. The normalized spacial score (nSPS) is 13.1. The van der Waals surface area contributed by atoms with Crippen molar-refractivity contribution in [1.82, 2.24) is 5.32 Å². The zero-order valence-corrected chi connectivity index (χ0v) is 10.1. The average molecular weight is 201 g/mol. The van der Waals surface area contributed by atoms with Gasteiger partial charge in [-0.15, -0.1) is 0 Å². The van der Waals surface area contributed by atoms with Gasteiger partial charge in [0.2, 0.25) is 0 Å². The second kappa shape index (κ2) is 11.0. The van der Waals surface area contributed by atoms with Crippen LogP contribution in [0.4, 0.5) is 0 Å². The van der Waals surface area contributed by atoms with Crippen molar-refractivity contribution in [2.75, 3.05) is 19.8 Å². The zero-order chi connectivity index (χ0) is 10.6. The zero-order valence-electron chi connectivity index (χ0n) is 10.1. The summed E-state index contributed by atoms with van der Waals surface area (Å²) in [7, 11) is 0. The predicted molar refractivity (Wildman–Crippen MR) is 62.7 cm³/mol. The first-order chi connectivity index (χ1) is 6.85. The average Bonchev–Trinajstić information content (AvgIpc) is 2.21. The van der Waals surface area contributed by atoms with E-state index in [-0.39, 0.29) is 0 Å². The van der Waals surface area contributed by atoms with Crippen molar-refractivity contribution >= 4 is 0 Å². The summed E-state index contributed by atoms with van der Waals surface area (Å²) in [5.74, 6) is 0. The van der Waals surface area contributed by atoms with Crippen LogP contribution < -0.4 is 5.32 Å². The van der Waals surface area contributed by atoms with Gasteiger partial charge in [-0.1, -0.05) is 27.2 Å². The van der Waals surface area contributed by atoms with Crippen LogP contribution in [0.5, 0.6) is 0 Å². The fraction of sp³-hybridized carbons (Fsp3) is 1.00. The molecule has 0 aliphatic carbocycles. The predicted octanol–water partition coefficient (Wildman–Crippen LogP) is 2.97. The summed E-state index contributed by atoms with van der Waals surface area (Å²) in [5.41, 5.74) is 0. The lowest BCUT2D eigenvalue weighted by Gasteiger charge is -2.15. The lowest BCUT2D eigenvalue weighted by Crippen LogP contribution is -2.29. The molecule has 0 fully saturated rings. The van der Waals surface area contributed by atoms with Gasteiger partial charge in [-0.05, 0) is 32.2 Å². The molecule has 1 unspecified atom stereocenters. The van der Waals surface area contributed by atoms with Gasteiger partial charge in [0, 0.05) is 19.3 Å². The van der Waals surface area contributed by atoms with Crippen LogP contribution in [-0.2, 0) is 4.74 Å². The van der Waals surface area contributed by atoms with Crippen LogP contribution in [0.3, 0.4) is 0 Å². The minimum absolute atomic E-state index is 0.714. The Kier molecular flexibility index (Phi) is 10.9. The Bertz CT molecular complexity index is 106. The van der Waals surface area contributed by atoms with Crippen LogP contribution >= 0.6 is 0 Å². The van der Waals surface area contributed by atoms with Crippen LogP contribution in [-0.4, -0.2) is 25.8 Å². The Hall–Kier alpha value is -0.0800. The molecule has 1 atom stereocenters. The molecule has 0 amide bonds. The Morgan fingerprint density at radius 1 is 1.07 bits per heavy atom. The third-order valence-electron chi connectivity index (χ3n) is 2.38. The van der Waals surface area contributed by atoms with Gasteiger partial charge >= 0.3 is 0 Å². The lowest BCUT2D eigenvalue weighted by atomic mass is 10.1. The van der Waals surface area contributed by atoms with Crippen molar-refractivity contribution in [2.24, 2.45) is 0 Å². The molecule has 86 valence electrons. The van der Waals surface area contributed by atoms with Gasteiger partial charge in [-0.25, -0.2) is 0 Å². The molecule has 0 saturated carbocycles. The standard InChI is InChI=1S/C12H27NO/c1-4-8-12(6-3)13-9-7-11-14-10-5-2/h12-13H,4-11H2,1-3H3. The summed E-state index contributed by atoms with van der Waals surface area (Å²) >= 11 is 0. The van der Waals surface area contributed by atoms with E-state index in [1.54, 1.807) is 0 Å². The summed E-state index contributed by atoms with van der Waals surface area (Å²) in [6.07, 6.45) is 6.08. The van der Waals surface area contributed by atoms with Crippen LogP contribution in [0.1, 0.15) is 52.9 Å². The topological polar surface area (TPSA) is 21.3 Å². The van der Waals surface area contributed by atoms with E-state index in [0.717, 1.165) is 32.6 Å². The van der Waals surface area contributed by atoms with E-state index < -0.39 is 0 Å². The first kappa shape index (κ1) is 13.9. The van der Waals surface area contributed by atoms with Crippen LogP contribution in [0, 0.1) is 0 Å². The van der Waals surface area contributed by atoms with Gasteiger partial charge in [0.05, 0.1) is 0 Å². The Balaban J connectivity index is 3.15. The highest BCUT2D eigenvalue weighted by molar-refractivity contribution is 4.63. The SMILES string of the molecule is CCCOCCCNC(CC)CCC. The highest BCUT2D eigenvalue weighted by Gasteiger charge is 2.02. The molecule has 2 heteroatoms. The van der Waals surface area contributed by atoms with E-state index in [2.05, 4.69) is 26.1 Å².